The molecule has 0 heterocycles. The Morgan fingerprint density at radius 3 is 2.61 bits per heavy atom. The summed E-state index contributed by atoms with van der Waals surface area (Å²) in [4.78, 5) is 0.213. The highest BCUT2D eigenvalue weighted by Crippen LogP contribution is 1.97. The standard InChI is InChI=1S/C10H26N6O2/c1-10(12)9-13-6-2-3-7-15(8-4-5-11)16(18)14-17/h10,13,17H,2-9,11-12H2,1H3/b16-14-. The first-order valence-electron chi connectivity index (χ1n) is 6.35. The van der Waals surface area contributed by atoms with Gasteiger partial charge in [-0.2, -0.15) is 0 Å². The van der Waals surface area contributed by atoms with Gasteiger partial charge in [-0.1, -0.05) is 0 Å². The van der Waals surface area contributed by atoms with E-state index in [1.165, 1.54) is 5.01 Å². The van der Waals surface area contributed by atoms with Crippen LogP contribution in [0.1, 0.15) is 26.2 Å². The van der Waals surface area contributed by atoms with Gasteiger partial charge in [0, 0.05) is 12.6 Å². The highest BCUT2D eigenvalue weighted by molar-refractivity contribution is 4.57. The summed E-state index contributed by atoms with van der Waals surface area (Å²) in [6.07, 6.45) is 2.47. The van der Waals surface area contributed by atoms with E-state index in [9.17, 15) is 5.21 Å². The van der Waals surface area contributed by atoms with Gasteiger partial charge >= 0.3 is 0 Å². The maximum Gasteiger partial charge on any atom is 0.230 e. The van der Waals surface area contributed by atoms with Crippen molar-refractivity contribution in [3.8, 4) is 0 Å². The molecule has 8 nitrogen and oxygen atoms in total. The van der Waals surface area contributed by atoms with Crippen molar-refractivity contribution in [2.45, 2.75) is 32.2 Å². The van der Waals surface area contributed by atoms with Gasteiger partial charge in [0.1, 0.15) is 0 Å². The summed E-state index contributed by atoms with van der Waals surface area (Å²) in [5.74, 6) is 0. The lowest BCUT2D eigenvalue weighted by molar-refractivity contribution is -0.709. The molecule has 0 radical (unpaired) electrons. The summed E-state index contributed by atoms with van der Waals surface area (Å²) in [7, 11) is 0. The van der Waals surface area contributed by atoms with Gasteiger partial charge in [-0.05, 0) is 39.3 Å². The summed E-state index contributed by atoms with van der Waals surface area (Å²) in [6.45, 7) is 5.15. The molecule has 0 aromatic heterocycles. The predicted octanol–water partition coefficient (Wildman–Crippen LogP) is -0.379. The molecule has 0 aromatic rings. The van der Waals surface area contributed by atoms with Crippen LogP contribution in [0.2, 0.25) is 0 Å². The second kappa shape index (κ2) is 11.0. The molecule has 0 rings (SSSR count). The second-order valence-electron chi connectivity index (χ2n) is 4.33. The van der Waals surface area contributed by atoms with Gasteiger partial charge in [-0.15, -0.1) is 5.01 Å². The van der Waals surface area contributed by atoms with E-state index < -0.39 is 0 Å². The fourth-order valence-corrected chi connectivity index (χ4v) is 1.49. The molecular formula is C10H26N6O2. The van der Waals surface area contributed by atoms with E-state index in [0.717, 1.165) is 25.9 Å². The SMILES string of the molecule is CC(N)CNCCCCN(CCCN)/[N+]([O-])=N/O. The van der Waals surface area contributed by atoms with Crippen molar-refractivity contribution in [1.82, 2.24) is 10.3 Å². The van der Waals surface area contributed by atoms with Crippen molar-refractivity contribution in [2.24, 2.45) is 16.7 Å². The number of hydrazine groups is 1. The number of hydrogen-bond acceptors (Lipinski definition) is 5. The molecule has 18 heavy (non-hydrogen) atoms. The minimum atomic E-state index is 0.149. The van der Waals surface area contributed by atoms with Crippen LogP contribution in [0.5, 0.6) is 0 Å². The third-order valence-electron chi connectivity index (χ3n) is 2.42. The van der Waals surface area contributed by atoms with Crippen LogP contribution in [0.3, 0.4) is 0 Å². The van der Waals surface area contributed by atoms with Crippen LogP contribution in [0.4, 0.5) is 0 Å². The molecule has 0 fully saturated rings. The maximum atomic E-state index is 11.2. The maximum absolute atomic E-state index is 11.2. The molecule has 8 heteroatoms. The molecule has 0 amide bonds. The van der Waals surface area contributed by atoms with E-state index in [2.05, 4.69) is 10.6 Å². The van der Waals surface area contributed by atoms with E-state index in [0.29, 0.717) is 26.1 Å². The van der Waals surface area contributed by atoms with Gasteiger partial charge in [0.15, 0.2) is 0 Å². The number of hydrogen-bond donors (Lipinski definition) is 4. The summed E-state index contributed by atoms with van der Waals surface area (Å²) < 4.78 is 0. The van der Waals surface area contributed by atoms with Gasteiger partial charge in [0.25, 0.3) is 0 Å². The van der Waals surface area contributed by atoms with Crippen LogP contribution in [-0.4, -0.2) is 54.0 Å². The molecule has 0 aromatic carbocycles. The normalized spacial score (nSPS) is 13.6. The first-order valence-corrected chi connectivity index (χ1v) is 6.35. The number of nitrogens with zero attached hydrogens (tertiary/aromatic N) is 3. The first-order chi connectivity index (χ1) is 8.61. The Hall–Kier alpha value is -1.12. The van der Waals surface area contributed by atoms with E-state index in [-0.39, 0.29) is 11.0 Å². The molecule has 1 unspecified atom stereocenters. The molecule has 0 bridgehead atoms. The Balaban J connectivity index is 3.69. The van der Waals surface area contributed by atoms with Crippen molar-refractivity contribution in [2.75, 3.05) is 32.7 Å². The molecular weight excluding hydrogens is 236 g/mol. The van der Waals surface area contributed by atoms with Crippen LogP contribution in [0.25, 0.3) is 0 Å². The topological polar surface area (TPSA) is 126 Å². The number of rotatable bonds is 11. The third kappa shape index (κ3) is 8.97. The van der Waals surface area contributed by atoms with Crippen LogP contribution in [0, 0.1) is 5.21 Å². The first kappa shape index (κ1) is 16.9. The summed E-state index contributed by atoms with van der Waals surface area (Å²) in [5.41, 5.74) is 11.0. The highest BCUT2D eigenvalue weighted by Gasteiger charge is 2.11. The lowest BCUT2D eigenvalue weighted by Gasteiger charge is -2.17. The number of nitrogens with two attached hydrogens (primary N) is 2. The monoisotopic (exact) mass is 262 g/mol. The second-order valence-corrected chi connectivity index (χ2v) is 4.33. The molecule has 0 aliphatic carbocycles. The van der Waals surface area contributed by atoms with Gasteiger partial charge in [-0.3, -0.25) is 0 Å². The fourth-order valence-electron chi connectivity index (χ4n) is 1.49. The molecule has 0 saturated carbocycles. The Kier molecular flexibility index (Phi) is 10.3. The third-order valence-corrected chi connectivity index (χ3v) is 2.42. The lowest BCUT2D eigenvalue weighted by Crippen LogP contribution is -2.34. The molecule has 6 N–H and O–H groups in total. The van der Waals surface area contributed by atoms with Gasteiger partial charge in [-0.25, -0.2) is 0 Å². The van der Waals surface area contributed by atoms with Gasteiger partial charge in [0.2, 0.25) is 5.28 Å². The minimum absolute atomic E-state index is 0.149. The lowest BCUT2D eigenvalue weighted by atomic mass is 10.3. The molecule has 0 aliphatic rings. The molecule has 0 spiro atoms. The molecule has 0 saturated heterocycles. The van der Waals surface area contributed by atoms with Crippen LogP contribution >= 0.6 is 0 Å². The van der Waals surface area contributed by atoms with E-state index in [1.54, 1.807) is 0 Å². The van der Waals surface area contributed by atoms with Crippen LogP contribution in [-0.2, 0) is 0 Å². The average molecular weight is 262 g/mol. The Morgan fingerprint density at radius 2 is 2.06 bits per heavy atom. The Labute approximate surface area is 108 Å². The average Bonchev–Trinajstić information content (AvgIpc) is 2.35. The van der Waals surface area contributed by atoms with Crippen LogP contribution in [0.15, 0.2) is 5.28 Å². The zero-order chi connectivity index (χ0) is 13.8. The minimum Gasteiger partial charge on any atom is -0.569 e. The molecule has 0 aliphatic heterocycles. The molecule has 1 atom stereocenters. The molecule has 108 valence electrons. The largest absolute Gasteiger partial charge is 0.569 e. The van der Waals surface area contributed by atoms with Crippen molar-refractivity contribution in [3.05, 3.63) is 5.21 Å². The number of nitrogens with one attached hydrogen (secondary N) is 1. The predicted molar refractivity (Wildman–Crippen MR) is 68.8 cm³/mol. The smallest absolute Gasteiger partial charge is 0.230 e. The quantitative estimate of drug-likeness (QED) is 0.174. The Bertz CT molecular complexity index is 224. The number of unbranched alkanes of at least 4 members (excludes halogenated alkanes) is 1. The van der Waals surface area contributed by atoms with Gasteiger partial charge < -0.3 is 27.2 Å². The zero-order valence-corrected chi connectivity index (χ0v) is 11.1. The van der Waals surface area contributed by atoms with Crippen LogP contribution < -0.4 is 16.8 Å². The van der Waals surface area contributed by atoms with Crippen molar-refractivity contribution >= 4 is 0 Å². The van der Waals surface area contributed by atoms with E-state index in [4.69, 9.17) is 16.7 Å². The highest BCUT2D eigenvalue weighted by atomic mass is 16.6. The van der Waals surface area contributed by atoms with Crippen molar-refractivity contribution < 1.29 is 10.2 Å². The fraction of sp³-hybridized carbons (Fsp3) is 1.00. The van der Waals surface area contributed by atoms with E-state index >= 15 is 0 Å². The van der Waals surface area contributed by atoms with Gasteiger partial charge in [0.05, 0.1) is 18.1 Å². The van der Waals surface area contributed by atoms with E-state index in [1.807, 2.05) is 6.92 Å². The van der Waals surface area contributed by atoms with Crippen molar-refractivity contribution in [1.29, 1.82) is 0 Å². The van der Waals surface area contributed by atoms with Crippen molar-refractivity contribution in [3.63, 3.8) is 0 Å². The Morgan fingerprint density at radius 1 is 1.39 bits per heavy atom. The summed E-state index contributed by atoms with van der Waals surface area (Å²) >= 11 is 0. The summed E-state index contributed by atoms with van der Waals surface area (Å²) in [5, 5.41) is 26.9. The zero-order valence-electron chi connectivity index (χ0n) is 11.1. The summed E-state index contributed by atoms with van der Waals surface area (Å²) in [6, 6.07) is 0.149.